The molecule has 0 bridgehead atoms. The van der Waals surface area contributed by atoms with E-state index in [9.17, 15) is 18.3 Å². The first-order chi connectivity index (χ1) is 13.8. The number of carboxylic acids is 1. The molecule has 4 atom stereocenters. The largest absolute Gasteiger partial charge is 0.489 e. The number of aliphatic carboxylic acids is 1. The molecule has 2 aromatic carbocycles. The summed E-state index contributed by atoms with van der Waals surface area (Å²) < 4.78 is 34.1. The Kier molecular flexibility index (Phi) is 5.16. The average Bonchev–Trinajstić information content (AvgIpc) is 3.16. The molecule has 8 heteroatoms. The molecule has 152 valence electrons. The third-order valence-electron chi connectivity index (χ3n) is 5.30. The number of nitrogens with one attached hydrogen (secondary N) is 1. The molecule has 0 radical (unpaired) electrons. The Hall–Kier alpha value is -2.68. The maximum Gasteiger partial charge on any atom is 0.328 e. The minimum Gasteiger partial charge on any atom is -0.489 e. The number of para-hydroxylation sites is 1. The minimum absolute atomic E-state index is 0.177. The first-order valence-corrected chi connectivity index (χ1v) is 10.9. The minimum atomic E-state index is -3.68. The first kappa shape index (κ1) is 19.6. The van der Waals surface area contributed by atoms with Crippen molar-refractivity contribution in [1.29, 1.82) is 0 Å². The molecule has 1 aliphatic carbocycles. The van der Waals surface area contributed by atoms with Gasteiger partial charge in [0, 0.05) is 29.5 Å². The van der Waals surface area contributed by atoms with Gasteiger partial charge in [0.1, 0.15) is 11.9 Å². The van der Waals surface area contributed by atoms with Gasteiger partial charge in [-0.05, 0) is 11.6 Å². The third-order valence-corrected chi connectivity index (χ3v) is 6.65. The molecule has 4 unspecified atom stereocenters. The molecular formula is C21H21NO6S. The second-order valence-electron chi connectivity index (χ2n) is 7.31. The van der Waals surface area contributed by atoms with E-state index in [1.165, 1.54) is 6.08 Å². The van der Waals surface area contributed by atoms with E-state index in [0.717, 1.165) is 11.6 Å². The summed E-state index contributed by atoms with van der Waals surface area (Å²) in [5.41, 5.74) is 2.04. The van der Waals surface area contributed by atoms with Crippen LogP contribution in [-0.4, -0.2) is 42.8 Å². The number of ether oxygens (including phenoxy) is 1. The van der Waals surface area contributed by atoms with E-state index in [1.54, 1.807) is 36.4 Å². The van der Waals surface area contributed by atoms with Gasteiger partial charge in [0.2, 0.25) is 10.0 Å². The van der Waals surface area contributed by atoms with Crippen molar-refractivity contribution >= 4 is 22.1 Å². The smallest absolute Gasteiger partial charge is 0.328 e. The lowest BCUT2D eigenvalue weighted by molar-refractivity contribution is -0.131. The average molecular weight is 415 g/mol. The molecule has 0 saturated heterocycles. The zero-order valence-corrected chi connectivity index (χ0v) is 16.2. The fourth-order valence-electron chi connectivity index (χ4n) is 4.13. The summed E-state index contributed by atoms with van der Waals surface area (Å²) >= 11 is 0. The SMILES string of the molecule is O=C(O)/C=C/c1cccc2c1OC1CC(O)C(NS(=O)(=O)Cc3ccccc3)C21. The van der Waals surface area contributed by atoms with E-state index < -0.39 is 28.1 Å². The molecule has 3 N–H and O–H groups in total. The molecule has 1 heterocycles. The van der Waals surface area contributed by atoms with Crippen LogP contribution in [0.2, 0.25) is 0 Å². The Morgan fingerprint density at radius 2 is 1.93 bits per heavy atom. The van der Waals surface area contributed by atoms with E-state index in [4.69, 9.17) is 9.84 Å². The Labute approximate surface area is 168 Å². The van der Waals surface area contributed by atoms with Gasteiger partial charge in [-0.1, -0.05) is 48.5 Å². The number of aliphatic hydroxyl groups is 1. The van der Waals surface area contributed by atoms with Crippen LogP contribution >= 0.6 is 0 Å². The molecule has 0 amide bonds. The van der Waals surface area contributed by atoms with Crippen molar-refractivity contribution in [1.82, 2.24) is 4.72 Å². The molecule has 1 aliphatic heterocycles. The second kappa shape index (κ2) is 7.62. The van der Waals surface area contributed by atoms with E-state index in [0.29, 0.717) is 23.3 Å². The van der Waals surface area contributed by atoms with Crippen LogP contribution in [0.15, 0.2) is 54.6 Å². The maximum atomic E-state index is 12.7. The van der Waals surface area contributed by atoms with E-state index in [2.05, 4.69) is 4.72 Å². The van der Waals surface area contributed by atoms with Crippen LogP contribution in [0.4, 0.5) is 0 Å². The number of fused-ring (bicyclic) bond motifs is 3. The highest BCUT2D eigenvalue weighted by Gasteiger charge is 2.51. The van der Waals surface area contributed by atoms with E-state index >= 15 is 0 Å². The summed E-state index contributed by atoms with van der Waals surface area (Å²) in [7, 11) is -3.68. The molecule has 1 fully saturated rings. The Morgan fingerprint density at radius 1 is 1.17 bits per heavy atom. The van der Waals surface area contributed by atoms with Crippen molar-refractivity contribution in [2.45, 2.75) is 36.3 Å². The highest BCUT2D eigenvalue weighted by atomic mass is 32.2. The number of carboxylic acid groups (broad SMARTS) is 1. The first-order valence-electron chi connectivity index (χ1n) is 9.26. The van der Waals surface area contributed by atoms with E-state index in [-0.39, 0.29) is 17.8 Å². The van der Waals surface area contributed by atoms with Crippen molar-refractivity contribution in [3.63, 3.8) is 0 Å². The van der Waals surface area contributed by atoms with Crippen molar-refractivity contribution in [3.8, 4) is 5.75 Å². The molecule has 7 nitrogen and oxygen atoms in total. The molecule has 0 spiro atoms. The maximum absolute atomic E-state index is 12.7. The van der Waals surface area contributed by atoms with E-state index in [1.807, 2.05) is 12.1 Å². The van der Waals surface area contributed by atoms with Gasteiger partial charge in [-0.15, -0.1) is 0 Å². The molecule has 29 heavy (non-hydrogen) atoms. The Balaban J connectivity index is 1.60. The number of carbonyl (C=O) groups is 1. The lowest BCUT2D eigenvalue weighted by atomic mass is 9.93. The number of benzene rings is 2. The fourth-order valence-corrected chi connectivity index (χ4v) is 5.56. The van der Waals surface area contributed by atoms with Gasteiger partial charge >= 0.3 is 5.97 Å². The van der Waals surface area contributed by atoms with Crippen LogP contribution in [0.25, 0.3) is 6.08 Å². The normalized spacial score (nSPS) is 25.6. The van der Waals surface area contributed by atoms with Crippen molar-refractivity contribution < 1.29 is 28.2 Å². The standard InChI is InChI=1S/C21H21NO6S/c23-16-11-17-19(15-8-4-7-14(21(15)28-17)9-10-18(24)25)20(16)22-29(26,27)12-13-5-2-1-3-6-13/h1-10,16-17,19-20,22-23H,11-12H2,(H,24,25)/b10-9+. The van der Waals surface area contributed by atoms with Gasteiger partial charge in [0.25, 0.3) is 0 Å². The molecule has 0 aromatic heterocycles. The van der Waals surface area contributed by atoms with Gasteiger partial charge in [-0.3, -0.25) is 0 Å². The number of sulfonamides is 1. The number of rotatable bonds is 6. The zero-order chi connectivity index (χ0) is 20.6. The molecule has 1 saturated carbocycles. The van der Waals surface area contributed by atoms with Crippen LogP contribution in [0.1, 0.15) is 29.0 Å². The summed E-state index contributed by atoms with van der Waals surface area (Å²) in [5.74, 6) is -1.05. The lowest BCUT2D eigenvalue weighted by Crippen LogP contribution is -2.43. The molecule has 4 rings (SSSR count). The highest BCUT2D eigenvalue weighted by molar-refractivity contribution is 7.88. The number of aliphatic hydroxyl groups excluding tert-OH is 1. The number of hydrogen-bond acceptors (Lipinski definition) is 5. The molecular weight excluding hydrogens is 394 g/mol. The molecule has 2 aromatic rings. The monoisotopic (exact) mass is 415 g/mol. The summed E-state index contributed by atoms with van der Waals surface area (Å²) in [4.78, 5) is 10.8. The van der Waals surface area contributed by atoms with Crippen LogP contribution < -0.4 is 9.46 Å². The second-order valence-corrected chi connectivity index (χ2v) is 9.06. The Bertz CT molecular complexity index is 1050. The summed E-state index contributed by atoms with van der Waals surface area (Å²) in [6.45, 7) is 0. The van der Waals surface area contributed by atoms with Crippen LogP contribution in [0, 0.1) is 0 Å². The number of hydrogen-bond donors (Lipinski definition) is 3. The predicted octanol–water partition coefficient (Wildman–Crippen LogP) is 1.88. The summed E-state index contributed by atoms with van der Waals surface area (Å²) in [5, 5.41) is 19.4. The van der Waals surface area contributed by atoms with Gasteiger partial charge in [-0.25, -0.2) is 17.9 Å². The van der Waals surface area contributed by atoms with Crippen molar-refractivity contribution in [2.75, 3.05) is 0 Å². The van der Waals surface area contributed by atoms with Gasteiger partial charge < -0.3 is 14.9 Å². The van der Waals surface area contributed by atoms with Gasteiger partial charge in [0.15, 0.2) is 0 Å². The third kappa shape index (κ3) is 4.05. The predicted molar refractivity (Wildman–Crippen MR) is 107 cm³/mol. The molecule has 2 aliphatic rings. The Morgan fingerprint density at radius 3 is 2.66 bits per heavy atom. The topological polar surface area (TPSA) is 113 Å². The van der Waals surface area contributed by atoms with Gasteiger partial charge in [-0.2, -0.15) is 0 Å². The highest BCUT2D eigenvalue weighted by Crippen LogP contribution is 2.49. The van der Waals surface area contributed by atoms with Crippen LogP contribution in [0.5, 0.6) is 5.75 Å². The van der Waals surface area contributed by atoms with Crippen molar-refractivity contribution in [3.05, 3.63) is 71.3 Å². The van der Waals surface area contributed by atoms with Crippen LogP contribution in [0.3, 0.4) is 0 Å². The van der Waals surface area contributed by atoms with Crippen LogP contribution in [-0.2, 0) is 20.6 Å². The zero-order valence-electron chi connectivity index (χ0n) is 15.4. The van der Waals surface area contributed by atoms with Gasteiger partial charge in [0.05, 0.1) is 17.9 Å². The fraction of sp³-hybridized carbons (Fsp3) is 0.286. The van der Waals surface area contributed by atoms with Crippen molar-refractivity contribution in [2.24, 2.45) is 0 Å². The summed E-state index contributed by atoms with van der Waals surface area (Å²) in [6, 6.07) is 13.5. The lowest BCUT2D eigenvalue weighted by Gasteiger charge is -2.22. The summed E-state index contributed by atoms with van der Waals surface area (Å²) in [6.07, 6.45) is 1.53. The quantitative estimate of drug-likeness (QED) is 0.621.